The fourth-order valence-corrected chi connectivity index (χ4v) is 27.4. The Labute approximate surface area is 431 Å². The van der Waals surface area contributed by atoms with Crippen molar-refractivity contribution >= 4 is 111 Å². The molecule has 360 valence electrons. The van der Waals surface area contributed by atoms with Crippen LogP contribution in [0.2, 0.25) is 0 Å². The Morgan fingerprint density at radius 2 is 0.397 bits per heavy atom. The summed E-state index contributed by atoms with van der Waals surface area (Å²) in [5.74, 6) is 0. The van der Waals surface area contributed by atoms with Gasteiger partial charge in [0.05, 0.1) is 0 Å². The molecule has 0 atom stereocenters. The Morgan fingerprint density at radius 1 is 0.265 bits per heavy atom. The first-order valence-corrected chi connectivity index (χ1v) is 37.7. The van der Waals surface area contributed by atoms with E-state index >= 15 is 0 Å². The topological polar surface area (TPSA) is 130 Å². The fourth-order valence-electron chi connectivity index (χ4n) is 5.29. The molecule has 17 heteroatoms. The molecule has 0 radical (unpaired) electrons. The monoisotopic (exact) mass is 1430 g/mol. The number of hydrogen-bond donors (Lipinski definition) is 0. The second kappa shape index (κ2) is 28.3. The van der Waals surface area contributed by atoms with Crippen molar-refractivity contribution in [3.05, 3.63) is 271 Å². The van der Waals surface area contributed by atoms with E-state index < -0.39 is 111 Å². The summed E-state index contributed by atoms with van der Waals surface area (Å²) in [6.07, 6.45) is 3.30. The first kappa shape index (κ1) is 55.3. The molecule has 0 aliphatic heterocycles. The zero-order valence-electron chi connectivity index (χ0n) is 36.9. The van der Waals surface area contributed by atoms with Gasteiger partial charge in [-0.1, -0.05) is 0 Å². The summed E-state index contributed by atoms with van der Waals surface area (Å²) in [6.45, 7) is 0. The first-order valence-electron chi connectivity index (χ1n) is 20.1. The van der Waals surface area contributed by atoms with Crippen molar-refractivity contribution in [2.45, 2.75) is 0 Å². The molecule has 0 bridgehead atoms. The van der Waals surface area contributed by atoms with Crippen LogP contribution in [-0.2, 0) is 37.9 Å². The van der Waals surface area contributed by atoms with Crippen molar-refractivity contribution in [3.8, 4) is 0 Å². The van der Waals surface area contributed by atoms with Crippen molar-refractivity contribution in [1.29, 1.82) is 0 Å². The molecule has 68 heavy (non-hydrogen) atoms. The minimum absolute atomic E-state index is 0.864. The molecule has 8 aromatic rings. The Bertz CT molecular complexity index is 2590. The average molecular weight is 1430 g/mol. The molecule has 8 aromatic carbocycles. The molecule has 9 nitrogen and oxygen atoms in total. The molecule has 0 aliphatic rings. The average Bonchev–Trinajstić information content (AvgIpc) is 3.36. The summed E-state index contributed by atoms with van der Waals surface area (Å²) >= 11 is -9.69. The standard InChI is InChI=1S/3C13H13IO3S.C12H10FI/c3*1-18(15,16)17-14(12-8-4-2-5-9-12)13-10-6-3-7-11-13;13-14(11-7-3-1-4-8-11)12-9-5-2-6-10-12/h3*2-11H,1H3;1-10H. The molecule has 0 spiro atoms. The van der Waals surface area contributed by atoms with E-state index in [-0.39, 0.29) is 0 Å². The van der Waals surface area contributed by atoms with Crippen LogP contribution >= 0.6 is 81.1 Å². The van der Waals surface area contributed by atoms with Crippen LogP contribution in [-0.4, -0.2) is 44.0 Å². The van der Waals surface area contributed by atoms with Crippen LogP contribution in [0.5, 0.6) is 0 Å². The van der Waals surface area contributed by atoms with Gasteiger partial charge in [0.1, 0.15) is 0 Å². The Hall–Kier alpha value is -3.66. The molecule has 0 N–H and O–H groups in total. The van der Waals surface area contributed by atoms with Crippen LogP contribution in [0.15, 0.2) is 243 Å². The third-order valence-corrected chi connectivity index (χ3v) is 32.9. The summed E-state index contributed by atoms with van der Waals surface area (Å²) < 4.78 is 106. The minimum atomic E-state index is -3.45. The van der Waals surface area contributed by atoms with Crippen LogP contribution in [0.25, 0.3) is 0 Å². The molecule has 0 heterocycles. The molecule has 0 aliphatic carbocycles. The van der Waals surface area contributed by atoms with Gasteiger partial charge in [-0.05, 0) is 0 Å². The van der Waals surface area contributed by atoms with Gasteiger partial charge >= 0.3 is 437 Å². The van der Waals surface area contributed by atoms with Crippen molar-refractivity contribution < 1.29 is 35.7 Å². The normalized spacial score (nSPS) is 11.9. The van der Waals surface area contributed by atoms with Crippen LogP contribution in [0.3, 0.4) is 0 Å². The van der Waals surface area contributed by atoms with Gasteiger partial charge in [-0.25, -0.2) is 0 Å². The molecule has 0 fully saturated rings. The molecule has 0 saturated heterocycles. The molecule has 8 rings (SSSR count). The summed E-state index contributed by atoms with van der Waals surface area (Å²) in [5.41, 5.74) is 0. The van der Waals surface area contributed by atoms with E-state index in [4.69, 9.17) is 7.54 Å². The van der Waals surface area contributed by atoms with E-state index in [9.17, 15) is 28.1 Å². The van der Waals surface area contributed by atoms with E-state index in [1.165, 1.54) is 0 Å². The van der Waals surface area contributed by atoms with E-state index in [2.05, 4.69) is 0 Å². The van der Waals surface area contributed by atoms with Gasteiger partial charge in [0.2, 0.25) is 0 Å². The van der Waals surface area contributed by atoms with Gasteiger partial charge in [-0.2, -0.15) is 0 Å². The number of halogens is 5. The quantitative estimate of drug-likeness (QED) is 0.0977. The van der Waals surface area contributed by atoms with Crippen molar-refractivity contribution in [2.24, 2.45) is 0 Å². The van der Waals surface area contributed by atoms with E-state index in [1.807, 2.05) is 243 Å². The Balaban J connectivity index is 0.000000170. The molecule has 0 amide bonds. The van der Waals surface area contributed by atoms with Crippen LogP contribution in [0.1, 0.15) is 0 Å². The maximum absolute atomic E-state index is 14.0. The predicted molar refractivity (Wildman–Crippen MR) is 306 cm³/mol. The zero-order chi connectivity index (χ0) is 48.8. The summed E-state index contributed by atoms with van der Waals surface area (Å²) in [7, 11) is -10.4. The maximum atomic E-state index is 14.0. The van der Waals surface area contributed by atoms with E-state index in [1.54, 1.807) is 0 Å². The third-order valence-electron chi connectivity index (χ3n) is 7.97. The van der Waals surface area contributed by atoms with Crippen LogP contribution in [0.4, 0.5) is 2.86 Å². The van der Waals surface area contributed by atoms with Gasteiger partial charge < -0.3 is 0 Å². The van der Waals surface area contributed by atoms with E-state index in [0.717, 1.165) is 47.3 Å². The van der Waals surface area contributed by atoms with Gasteiger partial charge in [0, 0.05) is 0 Å². The fraction of sp³-hybridized carbons (Fsp3) is 0.0588. The summed E-state index contributed by atoms with van der Waals surface area (Å²) in [4.78, 5) is 0. The molecular formula is C51H49FI4O9S3. The van der Waals surface area contributed by atoms with Crippen LogP contribution < -0.4 is 0 Å². The number of benzene rings is 8. The van der Waals surface area contributed by atoms with Crippen LogP contribution in [0, 0.1) is 28.6 Å². The summed E-state index contributed by atoms with van der Waals surface area (Å²) in [6, 6.07) is 76.1. The van der Waals surface area contributed by atoms with Gasteiger partial charge in [-0.15, -0.1) is 0 Å². The molecule has 0 aromatic heterocycles. The number of rotatable bonds is 14. The van der Waals surface area contributed by atoms with Gasteiger partial charge in [-0.3, -0.25) is 0 Å². The molecule has 0 saturated carbocycles. The second-order valence-corrected chi connectivity index (χ2v) is 37.1. The van der Waals surface area contributed by atoms with Crippen molar-refractivity contribution in [3.63, 3.8) is 0 Å². The van der Waals surface area contributed by atoms with Gasteiger partial charge in [0.15, 0.2) is 0 Å². The van der Waals surface area contributed by atoms with Gasteiger partial charge in [0.25, 0.3) is 0 Å². The van der Waals surface area contributed by atoms with E-state index in [0.29, 0.717) is 0 Å². The first-order chi connectivity index (χ1) is 32.6. The summed E-state index contributed by atoms with van der Waals surface area (Å²) in [5, 5.41) is 0. The van der Waals surface area contributed by atoms with Crippen molar-refractivity contribution in [2.75, 3.05) is 18.8 Å². The number of hydrogen-bond acceptors (Lipinski definition) is 9. The SMILES string of the molecule is CS(=O)(=O)OI(c1ccccc1)c1ccccc1.CS(=O)(=O)OI(c1ccccc1)c1ccccc1.CS(=O)(=O)OI(c1ccccc1)c1ccccc1.FI(c1ccccc1)c1ccccc1. The second-order valence-electron chi connectivity index (χ2n) is 13.6. The van der Waals surface area contributed by atoms with Crippen molar-refractivity contribution in [1.82, 2.24) is 0 Å². The third kappa shape index (κ3) is 20.4. The predicted octanol–water partition coefficient (Wildman–Crippen LogP) is 13.5. The Kier molecular flexibility index (Phi) is 23.0. The zero-order valence-corrected chi connectivity index (χ0v) is 48.0. The molecular weight excluding hydrogens is 1380 g/mol. The Morgan fingerprint density at radius 3 is 0.529 bits per heavy atom. The molecule has 0 unspecified atom stereocenters.